The number of hydrogen-bond donors (Lipinski definition) is 2. The molecule has 51 heavy (non-hydrogen) atoms. The van der Waals surface area contributed by atoms with Crippen LogP contribution in [-0.2, 0) is 20.4 Å². The second-order valence-electron chi connectivity index (χ2n) is 12.0. The van der Waals surface area contributed by atoms with Crippen molar-refractivity contribution >= 4 is 35.1 Å². The van der Waals surface area contributed by atoms with Crippen LogP contribution in [0, 0.1) is 11.6 Å². The second kappa shape index (κ2) is 13.7. The van der Waals surface area contributed by atoms with Gasteiger partial charge in [0.15, 0.2) is 16.8 Å². The van der Waals surface area contributed by atoms with E-state index in [2.05, 4.69) is 41.2 Å². The summed E-state index contributed by atoms with van der Waals surface area (Å²) in [6, 6.07) is 19.4. The minimum absolute atomic E-state index is 0.245. The van der Waals surface area contributed by atoms with Crippen molar-refractivity contribution in [2.45, 2.75) is 36.5 Å². The van der Waals surface area contributed by atoms with Gasteiger partial charge in [0.2, 0.25) is 17.7 Å². The van der Waals surface area contributed by atoms with Crippen molar-refractivity contribution in [3.63, 3.8) is 0 Å². The van der Waals surface area contributed by atoms with Gasteiger partial charge in [-0.25, -0.2) is 18.1 Å². The molecular weight excluding hydrogens is 682 g/mol. The van der Waals surface area contributed by atoms with E-state index >= 15 is 0 Å². The molecule has 0 spiro atoms. The van der Waals surface area contributed by atoms with Crippen LogP contribution >= 0.6 is 11.6 Å². The van der Waals surface area contributed by atoms with Gasteiger partial charge in [-0.05, 0) is 37.8 Å². The second-order valence-corrected chi connectivity index (χ2v) is 12.4. The lowest BCUT2D eigenvalue weighted by Crippen LogP contribution is -2.29. The first-order valence-corrected chi connectivity index (χ1v) is 16.2. The molecule has 2 fully saturated rings. The van der Waals surface area contributed by atoms with Crippen LogP contribution in [0.4, 0.5) is 20.4 Å². The molecule has 0 bridgehead atoms. The van der Waals surface area contributed by atoms with E-state index in [1.54, 1.807) is 77.7 Å². The lowest BCUT2D eigenvalue weighted by Gasteiger charge is -2.15. The number of amides is 2. The molecule has 4 aromatic heterocycles. The van der Waals surface area contributed by atoms with Gasteiger partial charge in [-0.3, -0.25) is 9.59 Å². The van der Waals surface area contributed by atoms with Crippen molar-refractivity contribution in [3.8, 4) is 17.3 Å². The largest absolute Gasteiger partial charge is 0.480 e. The van der Waals surface area contributed by atoms with Crippen molar-refractivity contribution in [3.05, 3.63) is 125 Å². The first-order chi connectivity index (χ1) is 24.7. The summed E-state index contributed by atoms with van der Waals surface area (Å²) in [5.74, 6) is -0.111. The van der Waals surface area contributed by atoms with Crippen LogP contribution in [0.5, 0.6) is 5.88 Å². The van der Waals surface area contributed by atoms with Gasteiger partial charge in [-0.2, -0.15) is 10.2 Å². The van der Waals surface area contributed by atoms with Gasteiger partial charge >= 0.3 is 0 Å². The number of carbonyl (C=O) groups is 2. The Balaban J connectivity index is 0.000000159. The Morgan fingerprint density at radius 1 is 0.725 bits per heavy atom. The quantitative estimate of drug-likeness (QED) is 0.195. The molecule has 4 heterocycles. The van der Waals surface area contributed by atoms with Crippen molar-refractivity contribution in [1.82, 2.24) is 40.0 Å². The predicted octanol–water partition coefficient (Wildman–Crippen LogP) is 5.61. The number of aromatic nitrogens is 8. The van der Waals surface area contributed by atoms with E-state index in [9.17, 15) is 18.4 Å². The van der Waals surface area contributed by atoms with Crippen molar-refractivity contribution in [2.24, 2.45) is 0 Å². The van der Waals surface area contributed by atoms with Gasteiger partial charge in [0.1, 0.15) is 11.6 Å². The van der Waals surface area contributed by atoms with Crippen LogP contribution in [0.15, 0.2) is 97.6 Å². The predicted molar refractivity (Wildman–Crippen MR) is 182 cm³/mol. The molecule has 0 aliphatic heterocycles. The molecule has 2 aliphatic rings. The maximum atomic E-state index is 14.1. The normalized spacial score (nSPS) is 14.8. The molecule has 8 rings (SSSR count). The van der Waals surface area contributed by atoms with Gasteiger partial charge < -0.3 is 15.4 Å². The highest BCUT2D eigenvalue weighted by molar-refractivity contribution is 6.29. The third kappa shape index (κ3) is 6.88. The Morgan fingerprint density at radius 3 is 1.65 bits per heavy atom. The maximum absolute atomic E-state index is 14.1. The maximum Gasteiger partial charge on any atom is 0.236 e. The molecule has 13 nitrogen and oxygen atoms in total. The monoisotopic (exact) mass is 710 g/mol. The average Bonchev–Trinajstić information content (AvgIpc) is 4.03. The summed E-state index contributed by atoms with van der Waals surface area (Å²) >= 11 is 5.82. The number of hydrogen-bond acceptors (Lipinski definition) is 9. The third-order valence-electron chi connectivity index (χ3n) is 8.78. The number of halogens is 3. The SMILES string of the molecule is COc1cc(-n2ccc(NC(=O)C3(c4ccccc4F)CC3)n2)cnn1.O=C(Nc1ccn(-c2cnnc(Cl)c2)n1)C1(c2ccccc2F)CC1. The summed E-state index contributed by atoms with van der Waals surface area (Å²) in [7, 11) is 1.50. The Morgan fingerprint density at radius 2 is 1.20 bits per heavy atom. The molecule has 0 radical (unpaired) electrons. The van der Waals surface area contributed by atoms with Crippen LogP contribution in [-0.4, -0.2) is 58.9 Å². The summed E-state index contributed by atoms with van der Waals surface area (Å²) in [5, 5.41) is 29.5. The number of nitrogens with one attached hydrogen (secondary N) is 2. The molecule has 0 atom stereocenters. The van der Waals surface area contributed by atoms with Crippen molar-refractivity contribution < 1.29 is 23.1 Å². The smallest absolute Gasteiger partial charge is 0.236 e. The first-order valence-electron chi connectivity index (χ1n) is 15.8. The molecular formula is C35H29ClF2N10O3. The fraction of sp³-hybridized carbons (Fsp3) is 0.200. The Bertz CT molecular complexity index is 2230. The van der Waals surface area contributed by atoms with Gasteiger partial charge in [-0.15, -0.1) is 20.4 Å². The highest BCUT2D eigenvalue weighted by Gasteiger charge is 2.53. The lowest BCUT2D eigenvalue weighted by molar-refractivity contribution is -0.119. The van der Waals surface area contributed by atoms with Crippen molar-refractivity contribution in [2.75, 3.05) is 17.7 Å². The Labute approximate surface area is 294 Å². The molecule has 0 saturated heterocycles. The van der Waals surface area contributed by atoms with E-state index in [0.29, 0.717) is 65.7 Å². The van der Waals surface area contributed by atoms with E-state index in [1.807, 2.05) is 0 Å². The van der Waals surface area contributed by atoms with Crippen LogP contribution in [0.3, 0.4) is 0 Å². The summed E-state index contributed by atoms with van der Waals surface area (Å²) in [4.78, 5) is 25.4. The summed E-state index contributed by atoms with van der Waals surface area (Å²) in [6.45, 7) is 0. The Hall–Kier alpha value is -6.09. The number of nitrogens with zero attached hydrogens (tertiary/aromatic N) is 8. The number of anilines is 2. The van der Waals surface area contributed by atoms with Gasteiger partial charge in [0, 0.05) is 47.8 Å². The zero-order valence-corrected chi connectivity index (χ0v) is 27.8. The highest BCUT2D eigenvalue weighted by atomic mass is 35.5. The van der Waals surface area contributed by atoms with Gasteiger partial charge in [0.25, 0.3) is 0 Å². The fourth-order valence-corrected chi connectivity index (χ4v) is 5.90. The van der Waals surface area contributed by atoms with E-state index < -0.39 is 10.8 Å². The van der Waals surface area contributed by atoms with E-state index in [-0.39, 0.29) is 28.6 Å². The fourth-order valence-electron chi connectivity index (χ4n) is 5.75. The molecule has 2 aliphatic carbocycles. The van der Waals surface area contributed by atoms with E-state index in [0.717, 1.165) is 0 Å². The molecule has 16 heteroatoms. The Kier molecular flexibility index (Phi) is 8.95. The molecule has 0 unspecified atom stereocenters. The van der Waals surface area contributed by atoms with Gasteiger partial charge in [-0.1, -0.05) is 48.0 Å². The molecule has 2 aromatic carbocycles. The minimum atomic E-state index is -0.809. The zero-order valence-electron chi connectivity index (χ0n) is 27.0. The van der Waals surface area contributed by atoms with Crippen LogP contribution in [0.2, 0.25) is 5.15 Å². The third-order valence-corrected chi connectivity index (χ3v) is 8.96. The number of rotatable bonds is 9. The highest BCUT2D eigenvalue weighted by Crippen LogP contribution is 2.50. The molecule has 2 saturated carbocycles. The number of benzene rings is 2. The van der Waals surface area contributed by atoms with E-state index in [4.69, 9.17) is 16.3 Å². The number of ether oxygens (including phenoxy) is 1. The number of methoxy groups -OCH3 is 1. The standard InChI is InChI=1S/C18H16FN5O2.C17H13ClFN5O/c1-26-16-10-12(11-20-22-16)24-9-6-15(23-24)21-17(25)18(7-8-18)13-4-2-3-5-14(13)19;18-14-9-11(10-20-22-14)24-8-5-15(23-24)21-16(25)17(6-7-17)12-3-1-2-4-13(12)19/h2-6,9-11H,7-8H2,1H3,(H,21,23,25);1-5,8-10H,6-7H2,(H,21,23,25). The summed E-state index contributed by atoms with van der Waals surface area (Å²) < 4.78 is 36.3. The van der Waals surface area contributed by atoms with Crippen LogP contribution < -0.4 is 15.4 Å². The average molecular weight is 711 g/mol. The summed E-state index contributed by atoms with van der Waals surface area (Å²) in [6.07, 6.45) is 8.86. The first kappa shape index (κ1) is 33.4. The molecule has 6 aromatic rings. The number of carbonyl (C=O) groups excluding carboxylic acids is 2. The summed E-state index contributed by atoms with van der Waals surface area (Å²) in [5.41, 5.74) is 0.508. The zero-order chi connectivity index (χ0) is 35.6. The van der Waals surface area contributed by atoms with Gasteiger partial charge in [0.05, 0.1) is 41.7 Å². The minimum Gasteiger partial charge on any atom is -0.480 e. The van der Waals surface area contributed by atoms with Crippen molar-refractivity contribution in [1.29, 1.82) is 0 Å². The van der Waals surface area contributed by atoms with Crippen LogP contribution in [0.1, 0.15) is 36.8 Å². The topological polar surface area (TPSA) is 155 Å². The lowest BCUT2D eigenvalue weighted by atomic mass is 9.94. The van der Waals surface area contributed by atoms with E-state index in [1.165, 1.54) is 36.3 Å². The molecule has 2 amide bonds. The molecule has 2 N–H and O–H groups in total. The van der Waals surface area contributed by atoms with Crippen LogP contribution in [0.25, 0.3) is 11.4 Å². The molecule has 258 valence electrons.